The van der Waals surface area contributed by atoms with E-state index in [2.05, 4.69) is 5.32 Å². The van der Waals surface area contributed by atoms with Crippen LogP contribution in [0.25, 0.3) is 0 Å². The van der Waals surface area contributed by atoms with Crippen molar-refractivity contribution in [3.05, 3.63) is 42.0 Å². The van der Waals surface area contributed by atoms with Crippen molar-refractivity contribution in [1.82, 2.24) is 9.62 Å². The van der Waals surface area contributed by atoms with E-state index in [0.717, 1.165) is 5.56 Å². The van der Waals surface area contributed by atoms with Gasteiger partial charge in [0.25, 0.3) is 0 Å². The Balaban J connectivity index is 1.41. The van der Waals surface area contributed by atoms with E-state index < -0.39 is 15.9 Å². The topological polar surface area (TPSA) is 103 Å². The predicted molar refractivity (Wildman–Crippen MR) is 115 cm³/mol. The van der Waals surface area contributed by atoms with E-state index in [1.807, 2.05) is 18.2 Å². The Morgan fingerprint density at radius 1 is 1.09 bits per heavy atom. The minimum absolute atomic E-state index is 0.108. The van der Waals surface area contributed by atoms with Crippen molar-refractivity contribution in [2.75, 3.05) is 34.1 Å². The molecule has 0 bridgehead atoms. The lowest BCUT2D eigenvalue weighted by atomic mass is 9.98. The summed E-state index contributed by atoms with van der Waals surface area (Å²) in [6.07, 6.45) is 1.24. The Kier molecular flexibility index (Phi) is 6.43. The molecule has 2 aliphatic heterocycles. The molecule has 0 aromatic heterocycles. The molecule has 1 N–H and O–H groups in total. The second-order valence-electron chi connectivity index (χ2n) is 7.62. The van der Waals surface area contributed by atoms with E-state index in [0.29, 0.717) is 48.9 Å². The number of carbonyl (C=O) groups excluding carboxylic acids is 1. The largest absolute Gasteiger partial charge is 0.493 e. The Morgan fingerprint density at radius 2 is 1.88 bits per heavy atom. The monoisotopic (exact) mass is 462 g/mol. The zero-order valence-corrected chi connectivity index (χ0v) is 18.8. The molecule has 0 unspecified atom stereocenters. The lowest BCUT2D eigenvalue weighted by molar-refractivity contribution is -0.126. The molecule has 0 spiro atoms. The maximum atomic E-state index is 13.2. The van der Waals surface area contributed by atoms with Gasteiger partial charge in [-0.05, 0) is 42.7 Å². The van der Waals surface area contributed by atoms with Crippen LogP contribution < -0.4 is 24.3 Å². The van der Waals surface area contributed by atoms with Crippen molar-refractivity contribution in [2.45, 2.75) is 24.3 Å². The molecule has 1 saturated heterocycles. The molecule has 0 saturated carbocycles. The number of rotatable bonds is 7. The van der Waals surface area contributed by atoms with Gasteiger partial charge in [0.05, 0.1) is 25.0 Å². The highest BCUT2D eigenvalue weighted by Crippen LogP contribution is 2.33. The fourth-order valence-corrected chi connectivity index (χ4v) is 5.43. The summed E-state index contributed by atoms with van der Waals surface area (Å²) < 4.78 is 48.8. The van der Waals surface area contributed by atoms with Gasteiger partial charge in [0.15, 0.2) is 23.0 Å². The highest BCUT2D eigenvalue weighted by atomic mass is 32.2. The number of benzene rings is 2. The molecule has 0 aliphatic carbocycles. The van der Waals surface area contributed by atoms with Gasteiger partial charge in [-0.2, -0.15) is 4.31 Å². The molecule has 1 atom stereocenters. The number of fused-ring (bicyclic) bond motifs is 1. The molecule has 2 aromatic rings. The van der Waals surface area contributed by atoms with E-state index in [-0.39, 0.29) is 24.1 Å². The van der Waals surface area contributed by atoms with Crippen LogP contribution in [0, 0.1) is 5.92 Å². The standard InChI is InChI=1S/C22H26N2O7S/c1-28-18-8-6-17(11-20(18)29-2)32(26,27)24-9-3-4-16(13-24)22(25)23-12-15-5-7-19-21(10-15)31-14-30-19/h5-8,10-11,16H,3-4,9,12-14H2,1-2H3,(H,23,25)/t16-/m0/s1. The predicted octanol–water partition coefficient (Wildman–Crippen LogP) is 2.15. The quantitative estimate of drug-likeness (QED) is 0.672. The number of methoxy groups -OCH3 is 2. The van der Waals surface area contributed by atoms with Gasteiger partial charge in [0, 0.05) is 25.7 Å². The third-order valence-electron chi connectivity index (χ3n) is 5.65. The number of nitrogens with one attached hydrogen (secondary N) is 1. The third kappa shape index (κ3) is 4.46. The summed E-state index contributed by atoms with van der Waals surface area (Å²) in [5.41, 5.74) is 0.883. The lowest BCUT2D eigenvalue weighted by Crippen LogP contribution is -2.45. The number of hydrogen-bond acceptors (Lipinski definition) is 7. The molecule has 172 valence electrons. The fraction of sp³-hybridized carbons (Fsp3) is 0.409. The minimum atomic E-state index is -3.77. The van der Waals surface area contributed by atoms with Gasteiger partial charge in [0.1, 0.15) is 0 Å². The van der Waals surface area contributed by atoms with Gasteiger partial charge in [-0.1, -0.05) is 6.07 Å². The normalized spacial score (nSPS) is 18.2. The summed E-state index contributed by atoms with van der Waals surface area (Å²) in [5, 5.41) is 2.91. The number of nitrogens with zero attached hydrogens (tertiary/aromatic N) is 1. The van der Waals surface area contributed by atoms with E-state index in [4.69, 9.17) is 18.9 Å². The molecule has 0 radical (unpaired) electrons. The van der Waals surface area contributed by atoms with Gasteiger partial charge in [-0.15, -0.1) is 0 Å². The molecule has 32 heavy (non-hydrogen) atoms. The van der Waals surface area contributed by atoms with Crippen molar-refractivity contribution >= 4 is 15.9 Å². The number of carbonyl (C=O) groups is 1. The van der Waals surface area contributed by atoms with E-state index >= 15 is 0 Å². The van der Waals surface area contributed by atoms with Crippen LogP contribution in [0.15, 0.2) is 41.3 Å². The van der Waals surface area contributed by atoms with E-state index in [1.54, 1.807) is 6.07 Å². The Morgan fingerprint density at radius 3 is 2.66 bits per heavy atom. The molecule has 4 rings (SSSR count). The lowest BCUT2D eigenvalue weighted by Gasteiger charge is -2.31. The van der Waals surface area contributed by atoms with Gasteiger partial charge >= 0.3 is 0 Å². The molecule has 2 aromatic carbocycles. The number of piperidine rings is 1. The van der Waals surface area contributed by atoms with Crippen LogP contribution in [-0.2, 0) is 21.4 Å². The van der Waals surface area contributed by atoms with Gasteiger partial charge in [0.2, 0.25) is 22.7 Å². The Labute approximate surface area is 187 Å². The second kappa shape index (κ2) is 9.25. The SMILES string of the molecule is COc1ccc(S(=O)(=O)N2CCC[C@H](C(=O)NCc3ccc4c(c3)OCO4)C2)cc1OC. The summed E-state index contributed by atoms with van der Waals surface area (Å²) in [5.74, 6) is 1.53. The first kappa shape index (κ1) is 22.2. The molecular formula is C22H26N2O7S. The third-order valence-corrected chi connectivity index (χ3v) is 7.51. The average Bonchev–Trinajstić information content (AvgIpc) is 3.30. The first-order valence-corrected chi connectivity index (χ1v) is 11.7. The van der Waals surface area contributed by atoms with Crippen molar-refractivity contribution in [2.24, 2.45) is 5.92 Å². The van der Waals surface area contributed by atoms with Crippen LogP contribution in [0.5, 0.6) is 23.0 Å². The molecule has 9 nitrogen and oxygen atoms in total. The fourth-order valence-electron chi connectivity index (χ4n) is 3.89. The maximum Gasteiger partial charge on any atom is 0.243 e. The number of hydrogen-bond donors (Lipinski definition) is 1. The molecular weight excluding hydrogens is 436 g/mol. The van der Waals surface area contributed by atoms with E-state index in [1.165, 1.54) is 30.7 Å². The molecule has 1 amide bonds. The zero-order chi connectivity index (χ0) is 22.7. The molecule has 10 heteroatoms. The maximum absolute atomic E-state index is 13.2. The molecule has 2 heterocycles. The van der Waals surface area contributed by atoms with E-state index in [9.17, 15) is 13.2 Å². The first-order chi connectivity index (χ1) is 15.4. The number of amides is 1. The summed E-state index contributed by atoms with van der Waals surface area (Å²) >= 11 is 0. The second-order valence-corrected chi connectivity index (χ2v) is 9.56. The molecule has 1 fully saturated rings. The van der Waals surface area contributed by atoms with Crippen molar-refractivity contribution in [1.29, 1.82) is 0 Å². The van der Waals surface area contributed by atoms with Crippen LogP contribution in [0.2, 0.25) is 0 Å². The summed E-state index contributed by atoms with van der Waals surface area (Å²) in [6, 6.07) is 9.99. The first-order valence-electron chi connectivity index (χ1n) is 10.3. The summed E-state index contributed by atoms with van der Waals surface area (Å²) in [6.45, 7) is 1.01. The highest BCUT2D eigenvalue weighted by Gasteiger charge is 2.33. The van der Waals surface area contributed by atoms with Gasteiger partial charge < -0.3 is 24.3 Å². The van der Waals surface area contributed by atoms with Crippen molar-refractivity contribution in [3.63, 3.8) is 0 Å². The van der Waals surface area contributed by atoms with Crippen LogP contribution in [0.3, 0.4) is 0 Å². The molecule has 2 aliphatic rings. The van der Waals surface area contributed by atoms with Crippen LogP contribution in [0.1, 0.15) is 18.4 Å². The average molecular weight is 463 g/mol. The number of ether oxygens (including phenoxy) is 4. The Hall–Kier alpha value is -2.98. The van der Waals surface area contributed by atoms with Crippen molar-refractivity contribution in [3.8, 4) is 23.0 Å². The summed E-state index contributed by atoms with van der Waals surface area (Å²) in [7, 11) is -0.829. The van der Waals surface area contributed by atoms with Crippen LogP contribution >= 0.6 is 0 Å². The minimum Gasteiger partial charge on any atom is -0.493 e. The summed E-state index contributed by atoms with van der Waals surface area (Å²) in [4.78, 5) is 12.9. The van der Waals surface area contributed by atoms with Gasteiger partial charge in [-0.25, -0.2) is 8.42 Å². The van der Waals surface area contributed by atoms with Gasteiger partial charge in [-0.3, -0.25) is 4.79 Å². The van der Waals surface area contributed by atoms with Crippen LogP contribution in [-0.4, -0.2) is 52.7 Å². The Bertz CT molecular complexity index is 1100. The van der Waals surface area contributed by atoms with Crippen molar-refractivity contribution < 1.29 is 32.2 Å². The highest BCUT2D eigenvalue weighted by molar-refractivity contribution is 7.89. The zero-order valence-electron chi connectivity index (χ0n) is 18.0. The smallest absolute Gasteiger partial charge is 0.243 e. The number of sulfonamides is 1. The van der Waals surface area contributed by atoms with Crippen LogP contribution in [0.4, 0.5) is 0 Å².